The van der Waals surface area contributed by atoms with Gasteiger partial charge in [-0.3, -0.25) is 4.79 Å². The molecule has 0 aromatic heterocycles. The Balaban J connectivity index is 2.59. The van der Waals surface area contributed by atoms with Gasteiger partial charge in [-0.15, -0.1) is 0 Å². The maximum Gasteiger partial charge on any atom is 0.306 e. The third-order valence-corrected chi connectivity index (χ3v) is 2.50. The van der Waals surface area contributed by atoms with E-state index < -0.39 is 5.97 Å². The van der Waals surface area contributed by atoms with Crippen molar-refractivity contribution in [1.82, 2.24) is 0 Å². The van der Waals surface area contributed by atoms with Gasteiger partial charge in [0.25, 0.3) is 0 Å². The molecular weight excluding hydrogens is 176 g/mol. The first-order valence-corrected chi connectivity index (χ1v) is 4.89. The average Bonchev–Trinajstić information content (AvgIpc) is 2.19. The molecule has 2 nitrogen and oxygen atoms in total. The number of aliphatic carboxylic acids is 1. The summed E-state index contributed by atoms with van der Waals surface area (Å²) in [5.74, 6) is -0.680. The Morgan fingerprint density at radius 2 is 1.86 bits per heavy atom. The zero-order chi connectivity index (χ0) is 10.6. The van der Waals surface area contributed by atoms with E-state index in [9.17, 15) is 4.79 Å². The fourth-order valence-electron chi connectivity index (χ4n) is 1.55. The molecule has 0 heterocycles. The molecule has 0 saturated heterocycles. The van der Waals surface area contributed by atoms with E-state index in [0.717, 1.165) is 0 Å². The first-order chi connectivity index (χ1) is 6.61. The lowest BCUT2D eigenvalue weighted by Gasteiger charge is -2.14. The standard InChI is InChI=1S/C12H16O2/c1-9(8-10(2)12(13)14)11-6-4-3-5-7-11/h3-7,9-10H,8H2,1-2H3,(H,13,14)/t9-,10?/m0/s1. The van der Waals surface area contributed by atoms with Crippen molar-refractivity contribution in [3.63, 3.8) is 0 Å². The van der Waals surface area contributed by atoms with E-state index in [4.69, 9.17) is 5.11 Å². The van der Waals surface area contributed by atoms with E-state index in [0.29, 0.717) is 12.3 Å². The highest BCUT2D eigenvalue weighted by Gasteiger charge is 2.15. The summed E-state index contributed by atoms with van der Waals surface area (Å²) in [4.78, 5) is 10.7. The van der Waals surface area contributed by atoms with Crippen molar-refractivity contribution in [3.8, 4) is 0 Å². The van der Waals surface area contributed by atoms with Crippen LogP contribution in [0.5, 0.6) is 0 Å². The third-order valence-electron chi connectivity index (χ3n) is 2.50. The molecule has 2 heteroatoms. The topological polar surface area (TPSA) is 37.3 Å². The molecule has 0 spiro atoms. The van der Waals surface area contributed by atoms with Gasteiger partial charge in [-0.05, 0) is 17.9 Å². The summed E-state index contributed by atoms with van der Waals surface area (Å²) in [6, 6.07) is 10.0. The van der Waals surface area contributed by atoms with Gasteiger partial charge in [0.15, 0.2) is 0 Å². The van der Waals surface area contributed by atoms with Crippen LogP contribution in [0.15, 0.2) is 30.3 Å². The van der Waals surface area contributed by atoms with Crippen LogP contribution < -0.4 is 0 Å². The second kappa shape index (κ2) is 4.80. The molecule has 0 aliphatic heterocycles. The van der Waals surface area contributed by atoms with E-state index >= 15 is 0 Å². The van der Waals surface area contributed by atoms with E-state index in [1.165, 1.54) is 5.56 Å². The second-order valence-electron chi connectivity index (χ2n) is 3.79. The summed E-state index contributed by atoms with van der Waals surface area (Å²) in [5, 5.41) is 8.78. The molecule has 1 aromatic carbocycles. The number of hydrogen-bond donors (Lipinski definition) is 1. The molecule has 0 aliphatic carbocycles. The fraction of sp³-hybridized carbons (Fsp3) is 0.417. The van der Waals surface area contributed by atoms with Crippen LogP contribution in [0, 0.1) is 5.92 Å². The van der Waals surface area contributed by atoms with Crippen molar-refractivity contribution < 1.29 is 9.90 Å². The maximum atomic E-state index is 10.7. The summed E-state index contributed by atoms with van der Waals surface area (Å²) in [6.07, 6.45) is 0.694. The van der Waals surface area contributed by atoms with E-state index in [1.54, 1.807) is 6.92 Å². The highest BCUT2D eigenvalue weighted by Crippen LogP contribution is 2.22. The van der Waals surface area contributed by atoms with Gasteiger partial charge in [0.2, 0.25) is 0 Å². The molecule has 0 fully saturated rings. The summed E-state index contributed by atoms with van der Waals surface area (Å²) < 4.78 is 0. The van der Waals surface area contributed by atoms with Crippen LogP contribution in [0.4, 0.5) is 0 Å². The zero-order valence-electron chi connectivity index (χ0n) is 8.60. The number of benzene rings is 1. The highest BCUT2D eigenvalue weighted by atomic mass is 16.4. The lowest BCUT2D eigenvalue weighted by molar-refractivity contribution is -0.141. The summed E-state index contributed by atoms with van der Waals surface area (Å²) in [7, 11) is 0. The van der Waals surface area contributed by atoms with Crippen molar-refractivity contribution in [2.24, 2.45) is 5.92 Å². The number of carbonyl (C=O) groups is 1. The van der Waals surface area contributed by atoms with Crippen LogP contribution in [0.2, 0.25) is 0 Å². The summed E-state index contributed by atoms with van der Waals surface area (Å²) in [5.41, 5.74) is 1.21. The molecule has 0 bridgehead atoms. The van der Waals surface area contributed by atoms with Crippen molar-refractivity contribution in [2.45, 2.75) is 26.2 Å². The summed E-state index contributed by atoms with van der Waals surface area (Å²) in [6.45, 7) is 3.82. The van der Waals surface area contributed by atoms with E-state index in [1.807, 2.05) is 30.3 Å². The van der Waals surface area contributed by atoms with Gasteiger partial charge in [-0.25, -0.2) is 0 Å². The second-order valence-corrected chi connectivity index (χ2v) is 3.79. The molecule has 0 amide bonds. The minimum atomic E-state index is -0.715. The smallest absolute Gasteiger partial charge is 0.306 e. The monoisotopic (exact) mass is 192 g/mol. The Labute approximate surface area is 84.6 Å². The van der Waals surface area contributed by atoms with Crippen LogP contribution >= 0.6 is 0 Å². The zero-order valence-corrected chi connectivity index (χ0v) is 8.60. The Hall–Kier alpha value is -1.31. The fourth-order valence-corrected chi connectivity index (χ4v) is 1.55. The third kappa shape index (κ3) is 2.87. The van der Waals surface area contributed by atoms with Gasteiger partial charge < -0.3 is 5.11 Å². The van der Waals surface area contributed by atoms with Crippen LogP contribution in [0.3, 0.4) is 0 Å². The predicted molar refractivity (Wildman–Crippen MR) is 56.3 cm³/mol. The van der Waals surface area contributed by atoms with Crippen molar-refractivity contribution in [3.05, 3.63) is 35.9 Å². The van der Waals surface area contributed by atoms with Crippen LogP contribution in [0.25, 0.3) is 0 Å². The van der Waals surface area contributed by atoms with E-state index in [2.05, 4.69) is 6.92 Å². The molecule has 1 aromatic rings. The highest BCUT2D eigenvalue weighted by molar-refractivity contribution is 5.69. The van der Waals surface area contributed by atoms with Crippen molar-refractivity contribution in [2.75, 3.05) is 0 Å². The molecule has 1 unspecified atom stereocenters. The lowest BCUT2D eigenvalue weighted by atomic mass is 9.91. The largest absolute Gasteiger partial charge is 0.481 e. The molecule has 2 atom stereocenters. The molecule has 0 radical (unpaired) electrons. The van der Waals surface area contributed by atoms with Gasteiger partial charge in [-0.1, -0.05) is 44.2 Å². The van der Waals surface area contributed by atoms with Gasteiger partial charge >= 0.3 is 5.97 Å². The average molecular weight is 192 g/mol. The quantitative estimate of drug-likeness (QED) is 0.796. The molecular formula is C12H16O2. The first kappa shape index (κ1) is 10.8. The van der Waals surface area contributed by atoms with Gasteiger partial charge in [0, 0.05) is 0 Å². The van der Waals surface area contributed by atoms with Gasteiger partial charge in [0.05, 0.1) is 5.92 Å². The predicted octanol–water partition coefficient (Wildman–Crippen LogP) is 2.90. The molecule has 1 rings (SSSR count). The number of rotatable bonds is 4. The van der Waals surface area contributed by atoms with Gasteiger partial charge in [-0.2, -0.15) is 0 Å². The van der Waals surface area contributed by atoms with Crippen LogP contribution in [-0.4, -0.2) is 11.1 Å². The molecule has 14 heavy (non-hydrogen) atoms. The molecule has 0 saturated carbocycles. The Morgan fingerprint density at radius 1 is 1.29 bits per heavy atom. The molecule has 76 valence electrons. The minimum Gasteiger partial charge on any atom is -0.481 e. The minimum absolute atomic E-state index is 0.273. The Bertz CT molecular complexity index is 292. The number of hydrogen-bond acceptors (Lipinski definition) is 1. The summed E-state index contributed by atoms with van der Waals surface area (Å²) >= 11 is 0. The molecule has 1 N–H and O–H groups in total. The first-order valence-electron chi connectivity index (χ1n) is 4.89. The van der Waals surface area contributed by atoms with Crippen molar-refractivity contribution >= 4 is 5.97 Å². The molecule has 0 aliphatic rings. The lowest BCUT2D eigenvalue weighted by Crippen LogP contribution is -2.12. The Morgan fingerprint density at radius 3 is 2.36 bits per heavy atom. The van der Waals surface area contributed by atoms with E-state index in [-0.39, 0.29) is 5.92 Å². The number of carboxylic acids is 1. The van der Waals surface area contributed by atoms with Crippen LogP contribution in [0.1, 0.15) is 31.7 Å². The normalized spacial score (nSPS) is 14.7. The van der Waals surface area contributed by atoms with Crippen LogP contribution in [-0.2, 0) is 4.79 Å². The number of carboxylic acid groups (broad SMARTS) is 1. The Kier molecular flexibility index (Phi) is 3.69. The SMILES string of the molecule is CC(C[C@H](C)c1ccccc1)C(=O)O. The van der Waals surface area contributed by atoms with Gasteiger partial charge in [0.1, 0.15) is 0 Å². The maximum absolute atomic E-state index is 10.7. The van der Waals surface area contributed by atoms with Crippen molar-refractivity contribution in [1.29, 1.82) is 0 Å².